The van der Waals surface area contributed by atoms with Gasteiger partial charge < -0.3 is 4.74 Å². The van der Waals surface area contributed by atoms with E-state index in [2.05, 4.69) is 0 Å². The van der Waals surface area contributed by atoms with E-state index in [4.69, 9.17) is 38.6 Å². The zero-order chi connectivity index (χ0) is 14.8. The molecule has 2 rings (SSSR count). The maximum absolute atomic E-state index is 11.1. The van der Waals surface area contributed by atoms with Crippen molar-refractivity contribution < 1.29 is 13.2 Å². The molecule has 2 aromatic rings. The van der Waals surface area contributed by atoms with Crippen LogP contribution in [0.25, 0.3) is 0 Å². The van der Waals surface area contributed by atoms with Gasteiger partial charge in [0.1, 0.15) is 12.4 Å². The second-order valence-corrected chi connectivity index (χ2v) is 7.26. The molecule has 0 spiro atoms. The topological polar surface area (TPSA) is 43.4 Å². The molecule has 0 amide bonds. The molecule has 0 aliphatic carbocycles. The Labute approximate surface area is 131 Å². The molecule has 0 N–H and O–H groups in total. The Hall–Kier alpha value is -0.940. The molecule has 0 unspecified atom stereocenters. The summed E-state index contributed by atoms with van der Waals surface area (Å²) in [6, 6.07) is 11.0. The summed E-state index contributed by atoms with van der Waals surface area (Å²) in [5.41, 5.74) is 0.744. The third kappa shape index (κ3) is 3.79. The van der Waals surface area contributed by atoms with Crippen LogP contribution < -0.4 is 4.74 Å². The molecule has 7 heteroatoms. The average molecular weight is 352 g/mol. The van der Waals surface area contributed by atoms with Crippen molar-refractivity contribution in [2.45, 2.75) is 11.5 Å². The van der Waals surface area contributed by atoms with Crippen molar-refractivity contribution in [2.24, 2.45) is 0 Å². The zero-order valence-corrected chi connectivity index (χ0v) is 13.1. The SMILES string of the molecule is O=S(=O)(Cl)c1ccc(OCc2cccc(Cl)c2Cl)cc1. The normalized spacial score (nSPS) is 11.3. The lowest BCUT2D eigenvalue weighted by Crippen LogP contribution is -1.97. The minimum absolute atomic E-state index is 0.0207. The van der Waals surface area contributed by atoms with E-state index in [-0.39, 0.29) is 11.5 Å². The maximum atomic E-state index is 11.1. The highest BCUT2D eigenvalue weighted by Gasteiger charge is 2.10. The summed E-state index contributed by atoms with van der Waals surface area (Å²) >= 11 is 11.9. The van der Waals surface area contributed by atoms with Crippen molar-refractivity contribution in [1.82, 2.24) is 0 Å². The smallest absolute Gasteiger partial charge is 0.261 e. The highest BCUT2D eigenvalue weighted by Crippen LogP contribution is 2.27. The van der Waals surface area contributed by atoms with Gasteiger partial charge in [0.2, 0.25) is 0 Å². The Morgan fingerprint density at radius 3 is 2.25 bits per heavy atom. The highest BCUT2D eigenvalue weighted by atomic mass is 35.7. The lowest BCUT2D eigenvalue weighted by atomic mass is 10.2. The van der Waals surface area contributed by atoms with Gasteiger partial charge in [0.25, 0.3) is 9.05 Å². The highest BCUT2D eigenvalue weighted by molar-refractivity contribution is 8.13. The number of benzene rings is 2. The predicted octanol–water partition coefficient (Wildman–Crippen LogP) is 4.50. The monoisotopic (exact) mass is 350 g/mol. The predicted molar refractivity (Wildman–Crippen MR) is 80.3 cm³/mol. The van der Waals surface area contributed by atoms with Crippen molar-refractivity contribution in [2.75, 3.05) is 0 Å². The molecule has 0 aliphatic rings. The minimum atomic E-state index is -3.72. The molecule has 106 valence electrons. The van der Waals surface area contributed by atoms with E-state index in [0.717, 1.165) is 5.56 Å². The van der Waals surface area contributed by atoms with Crippen molar-refractivity contribution >= 4 is 42.9 Å². The summed E-state index contributed by atoms with van der Waals surface area (Å²) in [6.45, 7) is 0.229. The first-order chi connectivity index (χ1) is 9.38. The van der Waals surface area contributed by atoms with E-state index >= 15 is 0 Å². The third-order valence-corrected chi connectivity index (χ3v) is 4.76. The molecule has 0 radical (unpaired) electrons. The molecule has 2 aromatic carbocycles. The zero-order valence-electron chi connectivity index (χ0n) is 10.0. The number of halogens is 3. The summed E-state index contributed by atoms with van der Waals surface area (Å²) < 4.78 is 27.7. The van der Waals surface area contributed by atoms with Gasteiger partial charge in [0.05, 0.1) is 14.9 Å². The van der Waals surface area contributed by atoms with E-state index in [1.165, 1.54) is 24.3 Å². The summed E-state index contributed by atoms with van der Waals surface area (Å²) in [5.74, 6) is 0.505. The molecule has 0 heterocycles. The van der Waals surface area contributed by atoms with Crippen LogP contribution in [-0.4, -0.2) is 8.42 Å². The quantitative estimate of drug-likeness (QED) is 0.762. The van der Waals surface area contributed by atoms with Crippen LogP contribution in [-0.2, 0) is 15.7 Å². The van der Waals surface area contributed by atoms with Gasteiger partial charge in [0, 0.05) is 16.2 Å². The van der Waals surface area contributed by atoms with Gasteiger partial charge in [-0.15, -0.1) is 0 Å². The Balaban J connectivity index is 2.10. The maximum Gasteiger partial charge on any atom is 0.261 e. The van der Waals surface area contributed by atoms with Gasteiger partial charge >= 0.3 is 0 Å². The van der Waals surface area contributed by atoms with Gasteiger partial charge in [-0.1, -0.05) is 35.3 Å². The largest absolute Gasteiger partial charge is 0.489 e. The van der Waals surface area contributed by atoms with Crippen LogP contribution in [0.5, 0.6) is 5.75 Å². The molecular weight excluding hydrogens is 343 g/mol. The van der Waals surface area contributed by atoms with Gasteiger partial charge in [-0.05, 0) is 30.3 Å². The lowest BCUT2D eigenvalue weighted by Gasteiger charge is -2.08. The fourth-order valence-electron chi connectivity index (χ4n) is 1.52. The van der Waals surface area contributed by atoms with Crippen LogP contribution in [0.2, 0.25) is 10.0 Å². The minimum Gasteiger partial charge on any atom is -0.489 e. The van der Waals surface area contributed by atoms with Crippen LogP contribution in [0.3, 0.4) is 0 Å². The van der Waals surface area contributed by atoms with Crippen LogP contribution >= 0.6 is 33.9 Å². The van der Waals surface area contributed by atoms with Crippen LogP contribution in [0, 0.1) is 0 Å². The van der Waals surface area contributed by atoms with Crippen molar-refractivity contribution in [1.29, 1.82) is 0 Å². The van der Waals surface area contributed by atoms with E-state index in [1.54, 1.807) is 18.2 Å². The molecule has 0 aliphatic heterocycles. The summed E-state index contributed by atoms with van der Waals surface area (Å²) in [4.78, 5) is 0.0207. The summed E-state index contributed by atoms with van der Waals surface area (Å²) in [6.07, 6.45) is 0. The fourth-order valence-corrected chi connectivity index (χ4v) is 2.66. The summed E-state index contributed by atoms with van der Waals surface area (Å²) in [5, 5.41) is 0.894. The van der Waals surface area contributed by atoms with E-state index < -0.39 is 9.05 Å². The molecule has 0 saturated carbocycles. The summed E-state index contributed by atoms with van der Waals surface area (Å²) in [7, 11) is 1.50. The first kappa shape index (κ1) is 15.4. The van der Waals surface area contributed by atoms with Crippen LogP contribution in [0.1, 0.15) is 5.56 Å². The number of hydrogen-bond donors (Lipinski definition) is 0. The van der Waals surface area contributed by atoms with Crippen molar-refractivity contribution in [3.8, 4) is 5.75 Å². The first-order valence-corrected chi connectivity index (χ1v) is 8.55. The standard InChI is InChI=1S/C13H9Cl3O3S/c14-12-3-1-2-9(13(12)15)8-19-10-4-6-11(7-5-10)20(16,17)18/h1-7H,8H2. The lowest BCUT2D eigenvalue weighted by molar-refractivity contribution is 0.306. The molecule has 0 saturated heterocycles. The van der Waals surface area contributed by atoms with Crippen LogP contribution in [0.15, 0.2) is 47.4 Å². The van der Waals surface area contributed by atoms with E-state index in [9.17, 15) is 8.42 Å². The second kappa shape index (κ2) is 6.22. The number of ether oxygens (including phenoxy) is 1. The molecule has 0 bridgehead atoms. The Morgan fingerprint density at radius 1 is 1.00 bits per heavy atom. The first-order valence-electron chi connectivity index (χ1n) is 5.48. The molecule has 0 fully saturated rings. The van der Waals surface area contributed by atoms with Crippen molar-refractivity contribution in [3.63, 3.8) is 0 Å². The molecule has 3 nitrogen and oxygen atoms in total. The van der Waals surface area contributed by atoms with Gasteiger partial charge in [-0.25, -0.2) is 8.42 Å². The van der Waals surface area contributed by atoms with E-state index in [1.807, 2.05) is 0 Å². The number of hydrogen-bond acceptors (Lipinski definition) is 3. The molecule has 20 heavy (non-hydrogen) atoms. The van der Waals surface area contributed by atoms with Crippen LogP contribution in [0.4, 0.5) is 0 Å². The number of rotatable bonds is 4. The Kier molecular flexibility index (Phi) is 4.81. The van der Waals surface area contributed by atoms with Gasteiger partial charge in [-0.2, -0.15) is 0 Å². The molecule has 0 atom stereocenters. The van der Waals surface area contributed by atoms with Gasteiger partial charge in [0.15, 0.2) is 0 Å². The third-order valence-electron chi connectivity index (χ3n) is 2.53. The van der Waals surface area contributed by atoms with Gasteiger partial charge in [-0.3, -0.25) is 0 Å². The Morgan fingerprint density at radius 2 is 1.65 bits per heavy atom. The Bertz CT molecular complexity index is 712. The van der Waals surface area contributed by atoms with Crippen molar-refractivity contribution in [3.05, 3.63) is 58.1 Å². The fraction of sp³-hybridized carbons (Fsp3) is 0.0769. The average Bonchev–Trinajstić information content (AvgIpc) is 2.40. The van der Waals surface area contributed by atoms with E-state index in [0.29, 0.717) is 15.8 Å². The second-order valence-electron chi connectivity index (χ2n) is 3.91. The molecule has 0 aromatic heterocycles. The molecular formula is C13H9Cl3O3S.